The monoisotopic (exact) mass is 425 g/mol. The van der Waals surface area contributed by atoms with Crippen LogP contribution < -0.4 is 5.32 Å². The molecule has 0 spiro atoms. The maximum Gasteiger partial charge on any atom is 0.416 e. The molecule has 2 aromatic rings. The number of amides is 1. The summed E-state index contributed by atoms with van der Waals surface area (Å²) in [6.45, 7) is 0. The third kappa shape index (κ3) is 4.30. The number of alkyl halides is 3. The van der Waals surface area contributed by atoms with E-state index in [1.165, 1.54) is 24.1 Å². The minimum Gasteiger partial charge on any atom is -0.380 e. The van der Waals surface area contributed by atoms with Gasteiger partial charge in [-0.1, -0.05) is 17.7 Å². The van der Waals surface area contributed by atoms with Crippen LogP contribution in [0.4, 0.5) is 23.2 Å². The van der Waals surface area contributed by atoms with Gasteiger partial charge in [0.05, 0.1) is 28.2 Å². The van der Waals surface area contributed by atoms with Crippen molar-refractivity contribution in [3.05, 3.63) is 63.9 Å². The Morgan fingerprint density at radius 3 is 2.66 bits per heavy atom. The molecule has 2 atom stereocenters. The van der Waals surface area contributed by atoms with Gasteiger partial charge in [-0.25, -0.2) is 4.39 Å². The average molecular weight is 426 g/mol. The fraction of sp³-hybridized carbons (Fsp3) is 0.300. The standard InChI is InChI=1S/C20H16ClF4N3O/c1-28-18(8-13-14(20(23,24)25)3-2-4-16(13)22)17(9-19(28)29)27-12-6-5-11(10-26)15(21)7-12/h2-7,17-18,27H,8-9H2,1H3/t17-,18?/m0/s1. The summed E-state index contributed by atoms with van der Waals surface area (Å²) in [5.74, 6) is -1.23. The summed E-state index contributed by atoms with van der Waals surface area (Å²) in [7, 11) is 1.48. The highest BCUT2D eigenvalue weighted by atomic mass is 35.5. The molecule has 2 aromatic carbocycles. The first-order valence-electron chi connectivity index (χ1n) is 8.68. The second-order valence-electron chi connectivity index (χ2n) is 6.80. The van der Waals surface area contributed by atoms with Gasteiger partial charge in [0.2, 0.25) is 5.91 Å². The second-order valence-corrected chi connectivity index (χ2v) is 7.21. The van der Waals surface area contributed by atoms with Gasteiger partial charge < -0.3 is 10.2 Å². The Labute approximate surface area is 169 Å². The van der Waals surface area contributed by atoms with Crippen LogP contribution in [0.1, 0.15) is 23.1 Å². The molecule has 0 bridgehead atoms. The molecular formula is C20H16ClF4N3O. The lowest BCUT2D eigenvalue weighted by atomic mass is 9.95. The molecule has 1 unspecified atom stereocenters. The summed E-state index contributed by atoms with van der Waals surface area (Å²) in [6, 6.07) is 8.09. The molecule has 3 rings (SSSR count). The Morgan fingerprint density at radius 2 is 2.03 bits per heavy atom. The number of carbonyl (C=O) groups excluding carboxylic acids is 1. The zero-order chi connectivity index (χ0) is 21.3. The minimum absolute atomic E-state index is 0.0363. The van der Waals surface area contributed by atoms with E-state index < -0.39 is 35.2 Å². The lowest BCUT2D eigenvalue weighted by molar-refractivity contribution is -0.138. The van der Waals surface area contributed by atoms with Crippen LogP contribution >= 0.6 is 11.6 Å². The zero-order valence-corrected chi connectivity index (χ0v) is 16.0. The van der Waals surface area contributed by atoms with Gasteiger partial charge in [0.15, 0.2) is 0 Å². The van der Waals surface area contributed by atoms with Crippen LogP contribution in [-0.4, -0.2) is 29.9 Å². The largest absolute Gasteiger partial charge is 0.416 e. The van der Waals surface area contributed by atoms with Crippen molar-refractivity contribution < 1.29 is 22.4 Å². The van der Waals surface area contributed by atoms with E-state index in [1.807, 2.05) is 6.07 Å². The number of benzene rings is 2. The summed E-state index contributed by atoms with van der Waals surface area (Å²) < 4.78 is 54.3. The van der Waals surface area contributed by atoms with Gasteiger partial charge in [-0.2, -0.15) is 18.4 Å². The van der Waals surface area contributed by atoms with E-state index >= 15 is 0 Å². The lowest BCUT2D eigenvalue weighted by Gasteiger charge is -2.27. The third-order valence-corrected chi connectivity index (χ3v) is 5.34. The first kappa shape index (κ1) is 20.9. The third-order valence-electron chi connectivity index (χ3n) is 5.03. The highest BCUT2D eigenvalue weighted by molar-refractivity contribution is 6.32. The van der Waals surface area contributed by atoms with Gasteiger partial charge in [0, 0.05) is 24.7 Å². The maximum absolute atomic E-state index is 14.3. The summed E-state index contributed by atoms with van der Waals surface area (Å²) in [5.41, 5.74) is -0.743. The van der Waals surface area contributed by atoms with Crippen LogP contribution in [0.2, 0.25) is 5.02 Å². The number of nitrogens with one attached hydrogen (secondary N) is 1. The molecule has 29 heavy (non-hydrogen) atoms. The summed E-state index contributed by atoms with van der Waals surface area (Å²) in [5, 5.41) is 12.2. The van der Waals surface area contributed by atoms with Crippen LogP contribution in [0.5, 0.6) is 0 Å². The zero-order valence-electron chi connectivity index (χ0n) is 15.2. The fourth-order valence-electron chi connectivity index (χ4n) is 3.50. The number of nitriles is 1. The first-order valence-corrected chi connectivity index (χ1v) is 9.06. The molecule has 4 nitrogen and oxygen atoms in total. The Morgan fingerprint density at radius 1 is 1.31 bits per heavy atom. The summed E-state index contributed by atoms with van der Waals surface area (Å²) >= 11 is 6.02. The minimum atomic E-state index is -4.71. The van der Waals surface area contributed by atoms with E-state index in [0.29, 0.717) is 5.69 Å². The van der Waals surface area contributed by atoms with Crippen molar-refractivity contribution in [2.75, 3.05) is 12.4 Å². The number of likely N-dealkylation sites (tertiary alicyclic amines) is 1. The summed E-state index contributed by atoms with van der Waals surface area (Å²) in [6.07, 6.45) is -4.97. The number of halogens is 5. The van der Waals surface area contributed by atoms with Crippen LogP contribution in [-0.2, 0) is 17.4 Å². The van der Waals surface area contributed by atoms with Crippen LogP contribution in [0, 0.1) is 17.1 Å². The number of anilines is 1. The van der Waals surface area contributed by atoms with Gasteiger partial charge in [0.1, 0.15) is 11.9 Å². The number of nitrogens with zero attached hydrogens (tertiary/aromatic N) is 2. The van der Waals surface area contributed by atoms with E-state index in [0.717, 1.165) is 18.2 Å². The lowest BCUT2D eigenvalue weighted by Crippen LogP contribution is -2.39. The Hall–Kier alpha value is -2.79. The fourth-order valence-corrected chi connectivity index (χ4v) is 3.72. The van der Waals surface area contributed by atoms with Crippen molar-refractivity contribution in [1.29, 1.82) is 5.26 Å². The molecule has 1 fully saturated rings. The van der Waals surface area contributed by atoms with Crippen LogP contribution in [0.25, 0.3) is 0 Å². The van der Waals surface area contributed by atoms with Gasteiger partial charge >= 0.3 is 6.18 Å². The quantitative estimate of drug-likeness (QED) is 0.727. The Kier molecular flexibility index (Phi) is 5.71. The molecule has 0 radical (unpaired) electrons. The van der Waals surface area contributed by atoms with Crippen molar-refractivity contribution in [2.24, 2.45) is 0 Å². The molecule has 0 saturated carbocycles. The van der Waals surface area contributed by atoms with E-state index in [-0.39, 0.29) is 29.3 Å². The predicted octanol–water partition coefficient (Wildman–Crippen LogP) is 4.62. The number of rotatable bonds is 4. The normalized spacial score (nSPS) is 19.3. The molecule has 1 amide bonds. The van der Waals surface area contributed by atoms with E-state index in [4.69, 9.17) is 16.9 Å². The highest BCUT2D eigenvalue weighted by Crippen LogP contribution is 2.35. The SMILES string of the molecule is CN1C(=O)C[C@H](Nc2ccc(C#N)c(Cl)c2)C1Cc1c(F)cccc1C(F)(F)F. The van der Waals surface area contributed by atoms with Crippen molar-refractivity contribution in [1.82, 2.24) is 4.90 Å². The molecular weight excluding hydrogens is 410 g/mol. The van der Waals surface area contributed by atoms with Gasteiger partial charge in [-0.05, 0) is 36.8 Å². The highest BCUT2D eigenvalue weighted by Gasteiger charge is 2.41. The van der Waals surface area contributed by atoms with Crippen molar-refractivity contribution >= 4 is 23.2 Å². The molecule has 0 aliphatic carbocycles. The number of hydrogen-bond acceptors (Lipinski definition) is 3. The number of likely N-dealkylation sites (N-methyl/N-ethyl adjacent to an activating group) is 1. The first-order chi connectivity index (χ1) is 13.6. The van der Waals surface area contributed by atoms with E-state index in [1.54, 1.807) is 6.07 Å². The second kappa shape index (κ2) is 7.91. The van der Waals surface area contributed by atoms with Crippen molar-refractivity contribution in [3.8, 4) is 6.07 Å². The number of carbonyl (C=O) groups is 1. The van der Waals surface area contributed by atoms with Crippen LogP contribution in [0.15, 0.2) is 36.4 Å². The molecule has 1 aliphatic heterocycles. The molecule has 0 aromatic heterocycles. The summed E-state index contributed by atoms with van der Waals surface area (Å²) in [4.78, 5) is 13.5. The van der Waals surface area contributed by atoms with Crippen molar-refractivity contribution in [2.45, 2.75) is 31.1 Å². The van der Waals surface area contributed by atoms with Gasteiger partial charge in [-0.15, -0.1) is 0 Å². The molecule has 1 heterocycles. The molecule has 1 aliphatic rings. The smallest absolute Gasteiger partial charge is 0.380 e. The van der Waals surface area contributed by atoms with Gasteiger partial charge in [0.25, 0.3) is 0 Å². The molecule has 9 heteroatoms. The predicted molar refractivity (Wildman–Crippen MR) is 99.9 cm³/mol. The average Bonchev–Trinajstić information content (AvgIpc) is 2.90. The van der Waals surface area contributed by atoms with Crippen LogP contribution in [0.3, 0.4) is 0 Å². The molecule has 1 saturated heterocycles. The topological polar surface area (TPSA) is 56.1 Å². The number of hydrogen-bond donors (Lipinski definition) is 1. The molecule has 1 N–H and O–H groups in total. The van der Waals surface area contributed by atoms with E-state index in [9.17, 15) is 22.4 Å². The van der Waals surface area contributed by atoms with Gasteiger partial charge in [-0.3, -0.25) is 4.79 Å². The van der Waals surface area contributed by atoms with E-state index in [2.05, 4.69) is 5.32 Å². The maximum atomic E-state index is 14.3. The van der Waals surface area contributed by atoms with Crippen molar-refractivity contribution in [3.63, 3.8) is 0 Å². The molecule has 152 valence electrons. The Bertz CT molecular complexity index is 987. The Balaban J connectivity index is 1.91.